The third-order valence-electron chi connectivity index (χ3n) is 5.04. The zero-order valence-corrected chi connectivity index (χ0v) is 14.7. The normalized spacial score (nSPS) is 18.6. The van der Waals surface area contributed by atoms with E-state index < -0.39 is 9.84 Å². The monoisotopic (exact) mass is 355 g/mol. The number of nitrogens with zero attached hydrogens (tertiary/aromatic N) is 1. The highest BCUT2D eigenvalue weighted by Crippen LogP contribution is 2.53. The molecule has 1 fully saturated rings. The maximum atomic E-state index is 13.2. The van der Waals surface area contributed by atoms with Gasteiger partial charge in [0.05, 0.1) is 16.8 Å². The van der Waals surface area contributed by atoms with Crippen molar-refractivity contribution in [1.29, 1.82) is 0 Å². The molecule has 0 bridgehead atoms. The molecule has 0 radical (unpaired) electrons. The van der Waals surface area contributed by atoms with E-state index in [9.17, 15) is 12.8 Å². The van der Waals surface area contributed by atoms with Gasteiger partial charge in [0.2, 0.25) is 0 Å². The van der Waals surface area contributed by atoms with Crippen molar-refractivity contribution < 1.29 is 12.8 Å². The number of pyridine rings is 1. The van der Waals surface area contributed by atoms with Gasteiger partial charge in [0.1, 0.15) is 5.82 Å². The molecule has 25 heavy (non-hydrogen) atoms. The summed E-state index contributed by atoms with van der Waals surface area (Å²) in [5, 5.41) is 0. The van der Waals surface area contributed by atoms with Crippen LogP contribution in [0.3, 0.4) is 0 Å². The number of halogens is 1. The van der Waals surface area contributed by atoms with Crippen LogP contribution in [0, 0.1) is 11.2 Å². The summed E-state index contributed by atoms with van der Waals surface area (Å²) in [6.07, 6.45) is 10.3. The number of rotatable bonds is 3. The standard InChI is InChI=1S/C20H18FNO2S/c1-25(23,24)16-6-3-14(4-7-16)17-11-20(9-2-10-20)12-18(17)19-8-5-15(21)13-22-19/h3-8,11-13H,2,9-10H2,1H3. The van der Waals surface area contributed by atoms with Gasteiger partial charge >= 0.3 is 0 Å². The van der Waals surface area contributed by atoms with Crippen LogP contribution in [0.25, 0.3) is 11.1 Å². The van der Waals surface area contributed by atoms with Gasteiger partial charge in [-0.05, 0) is 48.2 Å². The fourth-order valence-corrected chi connectivity index (χ4v) is 4.14. The minimum absolute atomic E-state index is 0.0657. The highest BCUT2D eigenvalue weighted by molar-refractivity contribution is 7.90. The summed E-state index contributed by atoms with van der Waals surface area (Å²) in [5.41, 5.74) is 3.79. The molecule has 0 atom stereocenters. The average Bonchev–Trinajstić information content (AvgIpc) is 2.96. The molecule has 0 unspecified atom stereocenters. The quantitative estimate of drug-likeness (QED) is 0.826. The second-order valence-corrected chi connectivity index (χ2v) is 8.88. The maximum absolute atomic E-state index is 13.2. The lowest BCUT2D eigenvalue weighted by molar-refractivity contribution is 0.282. The first-order valence-corrected chi connectivity index (χ1v) is 10.1. The number of sulfone groups is 1. The molecule has 4 rings (SSSR count). The van der Waals surface area contributed by atoms with E-state index in [2.05, 4.69) is 17.1 Å². The maximum Gasteiger partial charge on any atom is 0.175 e. The molecule has 1 heterocycles. The van der Waals surface area contributed by atoms with Crippen LogP contribution >= 0.6 is 0 Å². The zero-order valence-electron chi connectivity index (χ0n) is 13.9. The van der Waals surface area contributed by atoms with Crippen molar-refractivity contribution in [3.8, 4) is 0 Å². The van der Waals surface area contributed by atoms with Gasteiger partial charge in [-0.15, -0.1) is 0 Å². The van der Waals surface area contributed by atoms with Crippen LogP contribution in [-0.2, 0) is 9.84 Å². The third-order valence-corrected chi connectivity index (χ3v) is 6.16. The Morgan fingerprint density at radius 2 is 1.68 bits per heavy atom. The molecule has 5 heteroatoms. The van der Waals surface area contributed by atoms with E-state index in [1.165, 1.54) is 24.9 Å². The fraction of sp³-hybridized carbons (Fsp3) is 0.250. The molecule has 2 aliphatic carbocycles. The molecule has 0 aliphatic heterocycles. The molecule has 3 nitrogen and oxygen atoms in total. The molecular formula is C20H18FNO2S. The lowest BCUT2D eigenvalue weighted by Crippen LogP contribution is -2.22. The van der Waals surface area contributed by atoms with Crippen molar-refractivity contribution in [3.63, 3.8) is 0 Å². The predicted octanol–water partition coefficient (Wildman–Crippen LogP) is 4.28. The predicted molar refractivity (Wildman–Crippen MR) is 96.0 cm³/mol. The van der Waals surface area contributed by atoms with E-state index in [1.54, 1.807) is 18.2 Å². The number of allylic oxidation sites excluding steroid dienone is 4. The first kappa shape index (κ1) is 16.2. The zero-order chi connectivity index (χ0) is 17.7. The average molecular weight is 355 g/mol. The summed E-state index contributed by atoms with van der Waals surface area (Å²) in [6.45, 7) is 0. The largest absolute Gasteiger partial charge is 0.253 e. The lowest BCUT2D eigenvalue weighted by Gasteiger charge is -2.34. The van der Waals surface area contributed by atoms with E-state index in [-0.39, 0.29) is 11.2 Å². The SMILES string of the molecule is CS(=O)(=O)c1ccc(C2=CC3(C=C2c2ccc(F)cn2)CCC3)cc1. The van der Waals surface area contributed by atoms with E-state index in [0.717, 1.165) is 35.2 Å². The Balaban J connectivity index is 1.77. The van der Waals surface area contributed by atoms with Crippen LogP contribution in [0.15, 0.2) is 59.6 Å². The molecule has 1 aromatic carbocycles. The lowest BCUT2D eigenvalue weighted by atomic mass is 9.70. The molecule has 0 N–H and O–H groups in total. The van der Waals surface area contributed by atoms with Crippen molar-refractivity contribution in [3.05, 3.63) is 71.8 Å². The second kappa shape index (κ2) is 5.63. The van der Waals surface area contributed by atoms with Crippen molar-refractivity contribution in [1.82, 2.24) is 4.98 Å². The van der Waals surface area contributed by atoms with Gasteiger partial charge in [-0.1, -0.05) is 30.7 Å². The molecule has 128 valence electrons. The van der Waals surface area contributed by atoms with Gasteiger partial charge in [-0.3, -0.25) is 4.98 Å². The van der Waals surface area contributed by atoms with Crippen LogP contribution in [-0.4, -0.2) is 19.7 Å². The summed E-state index contributed by atoms with van der Waals surface area (Å²) in [4.78, 5) is 4.54. The molecule has 0 saturated heterocycles. The number of hydrogen-bond acceptors (Lipinski definition) is 3. The first-order chi connectivity index (χ1) is 11.9. The molecular weight excluding hydrogens is 337 g/mol. The van der Waals surface area contributed by atoms with E-state index in [0.29, 0.717) is 4.90 Å². The summed E-state index contributed by atoms with van der Waals surface area (Å²) in [7, 11) is -3.22. The smallest absolute Gasteiger partial charge is 0.175 e. The molecule has 2 aliphatic rings. The molecule has 0 amide bonds. The summed E-state index contributed by atoms with van der Waals surface area (Å²) >= 11 is 0. The van der Waals surface area contributed by atoms with Crippen molar-refractivity contribution in [2.75, 3.05) is 6.26 Å². The minimum Gasteiger partial charge on any atom is -0.253 e. The van der Waals surface area contributed by atoms with E-state index in [4.69, 9.17) is 0 Å². The van der Waals surface area contributed by atoms with Gasteiger partial charge in [-0.25, -0.2) is 12.8 Å². The van der Waals surface area contributed by atoms with E-state index >= 15 is 0 Å². The summed E-state index contributed by atoms with van der Waals surface area (Å²) in [5.74, 6) is -0.358. The highest BCUT2D eigenvalue weighted by atomic mass is 32.2. The number of hydrogen-bond donors (Lipinski definition) is 0. The Hall–Kier alpha value is -2.27. The van der Waals surface area contributed by atoms with Crippen LogP contribution in [0.4, 0.5) is 4.39 Å². The fourth-order valence-electron chi connectivity index (χ4n) is 3.51. The van der Waals surface area contributed by atoms with Crippen LogP contribution in [0.1, 0.15) is 30.5 Å². The van der Waals surface area contributed by atoms with Gasteiger partial charge < -0.3 is 0 Å². The van der Waals surface area contributed by atoms with Crippen LogP contribution < -0.4 is 0 Å². The summed E-state index contributed by atoms with van der Waals surface area (Å²) < 4.78 is 36.6. The Labute approximate surface area is 146 Å². The Morgan fingerprint density at radius 3 is 2.20 bits per heavy atom. The van der Waals surface area contributed by atoms with E-state index in [1.807, 2.05) is 12.1 Å². The molecule has 1 saturated carbocycles. The topological polar surface area (TPSA) is 47.0 Å². The van der Waals surface area contributed by atoms with Gasteiger partial charge in [-0.2, -0.15) is 0 Å². The van der Waals surface area contributed by atoms with Gasteiger partial charge in [0, 0.05) is 17.2 Å². The minimum atomic E-state index is -3.22. The first-order valence-electron chi connectivity index (χ1n) is 8.25. The van der Waals surface area contributed by atoms with Gasteiger partial charge in [0.25, 0.3) is 0 Å². The van der Waals surface area contributed by atoms with Crippen molar-refractivity contribution in [2.24, 2.45) is 5.41 Å². The number of aromatic nitrogens is 1. The Morgan fingerprint density at radius 1 is 1.00 bits per heavy atom. The molecule has 2 aromatic rings. The molecule has 1 spiro atoms. The Bertz CT molecular complexity index is 983. The third kappa shape index (κ3) is 2.93. The number of benzene rings is 1. The second-order valence-electron chi connectivity index (χ2n) is 6.86. The van der Waals surface area contributed by atoms with Gasteiger partial charge in [0.15, 0.2) is 9.84 Å². The van der Waals surface area contributed by atoms with Crippen molar-refractivity contribution in [2.45, 2.75) is 24.2 Å². The highest BCUT2D eigenvalue weighted by Gasteiger charge is 2.38. The van der Waals surface area contributed by atoms with Crippen LogP contribution in [0.5, 0.6) is 0 Å². The van der Waals surface area contributed by atoms with Crippen LogP contribution in [0.2, 0.25) is 0 Å². The summed E-state index contributed by atoms with van der Waals surface area (Å²) in [6, 6.07) is 10.0. The Kier molecular flexibility index (Phi) is 3.65. The van der Waals surface area contributed by atoms with Crippen molar-refractivity contribution >= 4 is 21.0 Å². The molecule has 1 aromatic heterocycles.